The molecule has 1 amide bonds. The van der Waals surface area contributed by atoms with Crippen LogP contribution in [0.4, 0.5) is 0 Å². The topological polar surface area (TPSA) is 82.0 Å². The van der Waals surface area contributed by atoms with Crippen LogP contribution in [0.1, 0.15) is 54.8 Å². The van der Waals surface area contributed by atoms with Gasteiger partial charge in [-0.15, -0.1) is 11.3 Å². The number of piperidine rings is 1. The highest BCUT2D eigenvalue weighted by Crippen LogP contribution is 2.46. The lowest BCUT2D eigenvalue weighted by molar-refractivity contribution is -0.133. The zero-order valence-corrected chi connectivity index (χ0v) is 18.3. The van der Waals surface area contributed by atoms with Gasteiger partial charge in [-0.3, -0.25) is 4.79 Å². The van der Waals surface area contributed by atoms with Gasteiger partial charge in [0.05, 0.1) is 18.8 Å². The third-order valence-electron chi connectivity index (χ3n) is 7.01. The molecule has 1 aromatic rings. The first-order chi connectivity index (χ1) is 13.9. The molecular formula is C22H34N2O4S. The Kier molecular flexibility index (Phi) is 6.33. The molecule has 1 aromatic heterocycles. The van der Waals surface area contributed by atoms with Crippen molar-refractivity contribution in [1.29, 1.82) is 0 Å². The molecule has 3 N–H and O–H groups in total. The molecule has 7 heteroatoms. The number of nitrogens with one attached hydrogen (secondary N) is 1. The number of carbonyl (C=O) groups excluding carboxylic acids is 1. The number of aryl methyl sites for hydroxylation is 1. The van der Waals surface area contributed by atoms with Crippen LogP contribution in [0.2, 0.25) is 0 Å². The second-order valence-corrected chi connectivity index (χ2v) is 10.3. The van der Waals surface area contributed by atoms with Crippen LogP contribution < -0.4 is 5.32 Å². The lowest BCUT2D eigenvalue weighted by Gasteiger charge is -2.49. The van der Waals surface area contributed by atoms with E-state index in [1.165, 1.54) is 15.3 Å². The van der Waals surface area contributed by atoms with E-state index >= 15 is 0 Å². The molecule has 0 radical (unpaired) electrons. The van der Waals surface area contributed by atoms with Crippen LogP contribution in [-0.4, -0.2) is 65.5 Å². The summed E-state index contributed by atoms with van der Waals surface area (Å²) in [4.78, 5) is 17.3. The van der Waals surface area contributed by atoms with Gasteiger partial charge in [0.1, 0.15) is 0 Å². The molecule has 0 bridgehead atoms. The first-order valence-electron chi connectivity index (χ1n) is 11.0. The fourth-order valence-corrected chi connectivity index (χ4v) is 6.44. The molecule has 3 heterocycles. The lowest BCUT2D eigenvalue weighted by atomic mass is 9.76. The number of hydrogen-bond donors (Lipinski definition) is 3. The minimum atomic E-state index is -1.31. The van der Waals surface area contributed by atoms with Crippen LogP contribution in [0, 0.1) is 5.92 Å². The summed E-state index contributed by atoms with van der Waals surface area (Å²) in [5, 5.41) is 21.1. The Hall–Kier alpha value is -0.990. The van der Waals surface area contributed by atoms with Gasteiger partial charge >= 0.3 is 0 Å². The first-order valence-corrected chi connectivity index (χ1v) is 11.8. The first kappa shape index (κ1) is 21.2. The van der Waals surface area contributed by atoms with Crippen molar-refractivity contribution >= 4 is 17.2 Å². The van der Waals surface area contributed by atoms with E-state index < -0.39 is 18.6 Å². The number of carbonyl (C=O) groups is 1. The molecule has 4 rings (SSSR count). The van der Waals surface area contributed by atoms with E-state index in [-0.39, 0.29) is 11.6 Å². The maximum absolute atomic E-state index is 11.7. The van der Waals surface area contributed by atoms with Gasteiger partial charge in [0, 0.05) is 41.3 Å². The summed E-state index contributed by atoms with van der Waals surface area (Å²) < 4.78 is 6.44. The van der Waals surface area contributed by atoms with Crippen LogP contribution in [0.25, 0.3) is 0 Å². The Morgan fingerprint density at radius 3 is 2.97 bits per heavy atom. The quantitative estimate of drug-likeness (QED) is 0.651. The normalized spacial score (nSPS) is 33.2. The van der Waals surface area contributed by atoms with Crippen molar-refractivity contribution in [1.82, 2.24) is 10.2 Å². The summed E-state index contributed by atoms with van der Waals surface area (Å²) in [7, 11) is 0. The summed E-state index contributed by atoms with van der Waals surface area (Å²) in [5.74, 6) is 0.121. The van der Waals surface area contributed by atoms with E-state index in [4.69, 9.17) is 9.84 Å². The number of aliphatic hydroxyl groups excluding tert-OH is 2. The standard InChI is InChI=1S/C22H34N2O4S/c1-3-17-10-18-20(29-17)4-7-28-22(18)5-6-24(14(2)11-22)12-15-8-16(9-15)23-21(27)19(26)13-25/h10,14-16,19,25-26H,3-9,11-13H2,1-2H3,(H,23,27)/t14-,15?,16?,19?,22+/m0/s1. The lowest BCUT2D eigenvalue weighted by Crippen LogP contribution is -2.55. The van der Waals surface area contributed by atoms with E-state index in [0.29, 0.717) is 12.0 Å². The minimum Gasteiger partial charge on any atom is -0.393 e. The number of rotatable bonds is 6. The van der Waals surface area contributed by atoms with E-state index in [0.717, 1.165) is 58.2 Å². The molecule has 1 saturated heterocycles. The fourth-order valence-electron chi connectivity index (χ4n) is 5.26. The monoisotopic (exact) mass is 422 g/mol. The second-order valence-electron chi connectivity index (χ2n) is 9.04. The molecule has 2 fully saturated rings. The SMILES string of the molecule is CCc1cc2c(s1)CCO[C@@]21CCN(CC2CC(NC(=O)C(O)CO)C2)[C@@H](C)C1. The largest absolute Gasteiger partial charge is 0.393 e. The Morgan fingerprint density at radius 1 is 1.48 bits per heavy atom. The number of ether oxygens (including phenoxy) is 1. The van der Waals surface area contributed by atoms with E-state index in [9.17, 15) is 9.90 Å². The molecule has 2 aliphatic heterocycles. The van der Waals surface area contributed by atoms with Crippen molar-refractivity contribution in [3.63, 3.8) is 0 Å². The number of fused-ring (bicyclic) bond motifs is 2. The summed E-state index contributed by atoms with van der Waals surface area (Å²) in [6, 6.07) is 3.01. The van der Waals surface area contributed by atoms with Gasteiger partial charge < -0.3 is 25.2 Å². The van der Waals surface area contributed by atoms with E-state index in [2.05, 4.69) is 30.1 Å². The zero-order valence-electron chi connectivity index (χ0n) is 17.5. The van der Waals surface area contributed by atoms with Crippen molar-refractivity contribution in [2.75, 3.05) is 26.3 Å². The van der Waals surface area contributed by atoms with Crippen LogP contribution in [-0.2, 0) is 28.0 Å². The Balaban J connectivity index is 1.30. The van der Waals surface area contributed by atoms with Crippen LogP contribution in [0.3, 0.4) is 0 Å². The third kappa shape index (κ3) is 4.26. The Bertz CT molecular complexity index is 732. The van der Waals surface area contributed by atoms with E-state index in [1.807, 2.05) is 11.3 Å². The maximum atomic E-state index is 11.7. The third-order valence-corrected chi connectivity index (χ3v) is 8.35. The predicted molar refractivity (Wildman–Crippen MR) is 113 cm³/mol. The zero-order chi connectivity index (χ0) is 20.6. The van der Waals surface area contributed by atoms with Gasteiger partial charge in [-0.1, -0.05) is 6.92 Å². The molecule has 3 atom stereocenters. The summed E-state index contributed by atoms with van der Waals surface area (Å²) in [6.45, 7) is 6.98. The highest BCUT2D eigenvalue weighted by atomic mass is 32.1. The molecular weight excluding hydrogens is 388 g/mol. The molecule has 162 valence electrons. The number of hydrogen-bond acceptors (Lipinski definition) is 6. The number of thiophene rings is 1. The molecule has 6 nitrogen and oxygen atoms in total. The number of aliphatic hydroxyl groups is 2. The van der Waals surface area contributed by atoms with Crippen molar-refractivity contribution in [3.05, 3.63) is 21.4 Å². The minimum absolute atomic E-state index is 0.0933. The summed E-state index contributed by atoms with van der Waals surface area (Å²) in [5.41, 5.74) is 1.37. The van der Waals surface area contributed by atoms with Gasteiger partial charge in [-0.25, -0.2) is 0 Å². The number of likely N-dealkylation sites (tertiary alicyclic amines) is 1. The highest BCUT2D eigenvalue weighted by molar-refractivity contribution is 7.12. The van der Waals surface area contributed by atoms with E-state index in [1.54, 1.807) is 0 Å². The summed E-state index contributed by atoms with van der Waals surface area (Å²) >= 11 is 1.98. The van der Waals surface area contributed by atoms with Crippen molar-refractivity contribution in [2.24, 2.45) is 5.92 Å². The molecule has 1 aliphatic carbocycles. The molecule has 3 aliphatic rings. The molecule has 29 heavy (non-hydrogen) atoms. The number of nitrogens with zero attached hydrogens (tertiary/aromatic N) is 1. The van der Waals surface area contributed by atoms with Crippen LogP contribution >= 0.6 is 11.3 Å². The number of amides is 1. The Labute approximate surface area is 177 Å². The molecule has 1 spiro atoms. The van der Waals surface area contributed by atoms with Crippen molar-refractivity contribution < 1.29 is 19.7 Å². The van der Waals surface area contributed by atoms with Gasteiger partial charge in [0.2, 0.25) is 0 Å². The fraction of sp³-hybridized carbons (Fsp3) is 0.773. The molecule has 0 aromatic carbocycles. The van der Waals surface area contributed by atoms with Gasteiger partial charge in [0.15, 0.2) is 6.10 Å². The Morgan fingerprint density at radius 2 is 2.28 bits per heavy atom. The average Bonchev–Trinajstić information content (AvgIpc) is 3.12. The second kappa shape index (κ2) is 8.63. The smallest absolute Gasteiger partial charge is 0.251 e. The van der Waals surface area contributed by atoms with Crippen LogP contribution in [0.15, 0.2) is 6.07 Å². The molecule has 1 unspecified atom stereocenters. The summed E-state index contributed by atoms with van der Waals surface area (Å²) in [6.07, 6.45) is 4.85. The highest BCUT2D eigenvalue weighted by Gasteiger charge is 2.45. The van der Waals surface area contributed by atoms with Crippen molar-refractivity contribution in [3.8, 4) is 0 Å². The van der Waals surface area contributed by atoms with Gasteiger partial charge in [0.25, 0.3) is 5.91 Å². The average molecular weight is 423 g/mol. The maximum Gasteiger partial charge on any atom is 0.251 e. The predicted octanol–water partition coefficient (Wildman–Crippen LogP) is 1.81. The van der Waals surface area contributed by atoms with Gasteiger partial charge in [-0.05, 0) is 56.6 Å². The van der Waals surface area contributed by atoms with Crippen molar-refractivity contribution in [2.45, 2.75) is 76.2 Å². The van der Waals surface area contributed by atoms with Gasteiger partial charge in [-0.2, -0.15) is 0 Å². The van der Waals surface area contributed by atoms with Crippen LogP contribution in [0.5, 0.6) is 0 Å². The molecule has 1 saturated carbocycles.